The SMILES string of the molecule is O=C(CN1CCCCC1)Nc1ccc(NC(=O)N(S)c2ccc(NC(=O)c3ccccc3F)cc2)cc1Cl. The lowest BCUT2D eigenvalue weighted by molar-refractivity contribution is -0.117. The summed E-state index contributed by atoms with van der Waals surface area (Å²) in [7, 11) is 0. The lowest BCUT2D eigenvalue weighted by atomic mass is 10.1. The lowest BCUT2D eigenvalue weighted by Crippen LogP contribution is -2.36. The van der Waals surface area contributed by atoms with Gasteiger partial charge in [0, 0.05) is 11.4 Å². The van der Waals surface area contributed by atoms with Crippen LogP contribution in [-0.4, -0.2) is 42.4 Å². The number of benzene rings is 3. The molecule has 1 aliphatic rings. The van der Waals surface area contributed by atoms with Gasteiger partial charge in [-0.3, -0.25) is 14.5 Å². The van der Waals surface area contributed by atoms with E-state index >= 15 is 0 Å². The quantitative estimate of drug-likeness (QED) is 0.267. The summed E-state index contributed by atoms with van der Waals surface area (Å²) in [6.07, 6.45) is 3.39. The molecule has 1 heterocycles. The fraction of sp³-hybridized carbons (Fsp3) is 0.222. The summed E-state index contributed by atoms with van der Waals surface area (Å²) >= 11 is 10.6. The first-order valence-corrected chi connectivity index (χ1v) is 12.9. The Labute approximate surface area is 230 Å². The first kappa shape index (κ1) is 27.4. The Bertz CT molecular complexity index is 1320. The normalized spacial score (nSPS) is 13.4. The molecule has 3 N–H and O–H groups in total. The molecule has 0 radical (unpaired) electrons. The second-order valence-electron chi connectivity index (χ2n) is 8.80. The number of anilines is 4. The highest BCUT2D eigenvalue weighted by molar-refractivity contribution is 7.82. The molecule has 0 saturated carbocycles. The van der Waals surface area contributed by atoms with E-state index in [1.165, 1.54) is 24.6 Å². The number of likely N-dealkylation sites (tertiary alicyclic amines) is 1. The van der Waals surface area contributed by atoms with Crippen LogP contribution in [0.4, 0.5) is 31.9 Å². The molecule has 0 bridgehead atoms. The molecular formula is C27H27ClFN5O3S. The maximum absolute atomic E-state index is 13.8. The van der Waals surface area contributed by atoms with Crippen molar-refractivity contribution >= 4 is 65.0 Å². The van der Waals surface area contributed by atoms with Crippen molar-refractivity contribution in [2.24, 2.45) is 0 Å². The Morgan fingerprint density at radius 2 is 1.58 bits per heavy atom. The van der Waals surface area contributed by atoms with E-state index in [9.17, 15) is 18.8 Å². The number of nitrogens with zero attached hydrogens (tertiary/aromatic N) is 2. The van der Waals surface area contributed by atoms with Crippen LogP contribution < -0.4 is 20.3 Å². The van der Waals surface area contributed by atoms with Crippen LogP contribution in [0.5, 0.6) is 0 Å². The molecule has 198 valence electrons. The molecule has 1 aliphatic heterocycles. The third-order valence-corrected chi connectivity index (χ3v) is 6.72. The zero-order valence-corrected chi connectivity index (χ0v) is 22.1. The van der Waals surface area contributed by atoms with Crippen LogP contribution in [0.3, 0.4) is 0 Å². The van der Waals surface area contributed by atoms with E-state index in [2.05, 4.69) is 33.7 Å². The van der Waals surface area contributed by atoms with Crippen molar-refractivity contribution in [3.05, 3.63) is 83.1 Å². The molecule has 0 unspecified atom stereocenters. The van der Waals surface area contributed by atoms with Gasteiger partial charge in [-0.25, -0.2) is 13.5 Å². The number of hydrogen-bond acceptors (Lipinski definition) is 5. The predicted molar refractivity (Wildman–Crippen MR) is 152 cm³/mol. The van der Waals surface area contributed by atoms with E-state index in [-0.39, 0.29) is 16.5 Å². The topological polar surface area (TPSA) is 93.8 Å². The Morgan fingerprint density at radius 1 is 0.895 bits per heavy atom. The average molecular weight is 556 g/mol. The zero-order valence-electron chi connectivity index (χ0n) is 20.4. The van der Waals surface area contributed by atoms with Crippen LogP contribution in [0.25, 0.3) is 0 Å². The third-order valence-electron chi connectivity index (χ3n) is 5.99. The highest BCUT2D eigenvalue weighted by atomic mass is 35.5. The molecule has 1 saturated heterocycles. The minimum absolute atomic E-state index is 0.0713. The Hall–Kier alpha value is -3.60. The van der Waals surface area contributed by atoms with Gasteiger partial charge in [0.15, 0.2) is 0 Å². The first-order valence-electron chi connectivity index (χ1n) is 12.1. The molecule has 0 aromatic heterocycles. The van der Waals surface area contributed by atoms with Crippen molar-refractivity contribution in [3.8, 4) is 0 Å². The summed E-state index contributed by atoms with van der Waals surface area (Å²) in [6, 6.07) is 16.2. The summed E-state index contributed by atoms with van der Waals surface area (Å²) in [5.41, 5.74) is 1.67. The minimum Gasteiger partial charge on any atom is -0.324 e. The molecule has 3 aromatic rings. The number of nitrogens with one attached hydrogen (secondary N) is 3. The van der Waals surface area contributed by atoms with Crippen LogP contribution in [-0.2, 0) is 4.79 Å². The number of halogens is 2. The fourth-order valence-electron chi connectivity index (χ4n) is 4.03. The minimum atomic E-state index is -0.618. The Kier molecular flexibility index (Phi) is 9.22. The van der Waals surface area contributed by atoms with E-state index in [1.54, 1.807) is 48.5 Å². The van der Waals surface area contributed by atoms with Crippen molar-refractivity contribution < 1.29 is 18.8 Å². The van der Waals surface area contributed by atoms with E-state index in [0.29, 0.717) is 29.3 Å². The Morgan fingerprint density at radius 3 is 2.26 bits per heavy atom. The van der Waals surface area contributed by atoms with Crippen molar-refractivity contribution in [1.82, 2.24) is 4.90 Å². The lowest BCUT2D eigenvalue weighted by Gasteiger charge is -2.25. The number of rotatable bonds is 7. The molecule has 3 aromatic carbocycles. The largest absolute Gasteiger partial charge is 0.336 e. The van der Waals surface area contributed by atoms with Gasteiger partial charge in [0.25, 0.3) is 5.91 Å². The van der Waals surface area contributed by atoms with Crippen molar-refractivity contribution in [2.75, 3.05) is 39.9 Å². The molecule has 8 nitrogen and oxygen atoms in total. The third kappa shape index (κ3) is 7.25. The molecular weight excluding hydrogens is 529 g/mol. The maximum Gasteiger partial charge on any atom is 0.336 e. The van der Waals surface area contributed by atoms with Crippen LogP contribution in [0, 0.1) is 5.82 Å². The van der Waals surface area contributed by atoms with Gasteiger partial charge in [0.2, 0.25) is 5.91 Å². The predicted octanol–water partition coefficient (Wildman–Crippen LogP) is 6.04. The van der Waals surface area contributed by atoms with Gasteiger partial charge in [-0.1, -0.05) is 43.0 Å². The standard InChI is InChI=1S/C27H27ClFN5O3S/c28-22-16-19(10-13-24(22)32-25(35)17-33-14-4-1-5-15-33)31-27(37)34(38)20-11-8-18(9-12-20)30-26(36)21-6-2-3-7-23(21)29/h2-3,6-13,16,38H,1,4-5,14-15,17H2,(H,30,36)(H,31,37)(H,32,35). The number of amides is 4. The number of carbonyl (C=O) groups excluding carboxylic acids is 3. The van der Waals surface area contributed by atoms with Gasteiger partial charge < -0.3 is 16.0 Å². The second kappa shape index (κ2) is 12.8. The molecule has 0 spiro atoms. The number of hydrogen-bond donors (Lipinski definition) is 4. The summed E-state index contributed by atoms with van der Waals surface area (Å²) < 4.78 is 14.9. The molecule has 38 heavy (non-hydrogen) atoms. The van der Waals surface area contributed by atoms with Gasteiger partial charge in [0.05, 0.1) is 28.5 Å². The van der Waals surface area contributed by atoms with Crippen molar-refractivity contribution in [3.63, 3.8) is 0 Å². The summed E-state index contributed by atoms with van der Waals surface area (Å²) in [4.78, 5) is 39.5. The summed E-state index contributed by atoms with van der Waals surface area (Å²) in [5, 5.41) is 8.41. The zero-order chi connectivity index (χ0) is 27.1. The van der Waals surface area contributed by atoms with E-state index in [4.69, 9.17) is 11.6 Å². The maximum atomic E-state index is 13.8. The number of piperidine rings is 1. The number of thiol groups is 1. The molecule has 4 rings (SSSR count). The van der Waals surface area contributed by atoms with Gasteiger partial charge in [0.1, 0.15) is 5.82 Å². The summed E-state index contributed by atoms with van der Waals surface area (Å²) in [6.45, 7) is 2.14. The molecule has 4 amide bonds. The van der Waals surface area contributed by atoms with Crippen LogP contribution in [0.1, 0.15) is 29.6 Å². The highest BCUT2D eigenvalue weighted by Crippen LogP contribution is 2.27. The van der Waals surface area contributed by atoms with Crippen molar-refractivity contribution in [1.29, 1.82) is 0 Å². The van der Waals surface area contributed by atoms with Crippen molar-refractivity contribution in [2.45, 2.75) is 19.3 Å². The van der Waals surface area contributed by atoms with Crippen LogP contribution >= 0.6 is 24.4 Å². The number of carbonyl (C=O) groups is 3. The van der Waals surface area contributed by atoms with E-state index < -0.39 is 17.8 Å². The highest BCUT2D eigenvalue weighted by Gasteiger charge is 2.17. The smallest absolute Gasteiger partial charge is 0.324 e. The van der Waals surface area contributed by atoms with Crippen LogP contribution in [0.2, 0.25) is 5.02 Å². The molecule has 0 aliphatic carbocycles. The van der Waals surface area contributed by atoms with E-state index in [0.717, 1.165) is 30.2 Å². The Balaban J connectivity index is 1.31. The molecule has 11 heteroatoms. The summed E-state index contributed by atoms with van der Waals surface area (Å²) in [5.74, 6) is -1.34. The second-order valence-corrected chi connectivity index (χ2v) is 9.61. The van der Waals surface area contributed by atoms with Gasteiger partial charge >= 0.3 is 6.03 Å². The van der Waals surface area contributed by atoms with Crippen LogP contribution in [0.15, 0.2) is 66.7 Å². The van der Waals surface area contributed by atoms with Gasteiger partial charge in [-0.05, 0) is 80.5 Å². The fourth-order valence-corrected chi connectivity index (χ4v) is 4.44. The number of urea groups is 1. The first-order chi connectivity index (χ1) is 18.3. The average Bonchev–Trinajstić information content (AvgIpc) is 2.91. The van der Waals surface area contributed by atoms with Gasteiger partial charge in [-0.15, -0.1) is 0 Å². The van der Waals surface area contributed by atoms with Gasteiger partial charge in [-0.2, -0.15) is 0 Å². The molecule has 1 fully saturated rings. The van der Waals surface area contributed by atoms with E-state index in [1.807, 2.05) is 0 Å². The monoisotopic (exact) mass is 555 g/mol. The molecule has 0 atom stereocenters.